The first kappa shape index (κ1) is 14.2. The van der Waals surface area contributed by atoms with Crippen molar-refractivity contribution in [1.29, 1.82) is 0 Å². The average molecular weight is 303 g/mol. The van der Waals surface area contributed by atoms with Gasteiger partial charge < -0.3 is 10.2 Å². The SMILES string of the molecule is O=C(NC1CN2CC[C@H]1C2)c1ccc(C(F)(F)F)c(F)n1. The summed E-state index contributed by atoms with van der Waals surface area (Å²) < 4.78 is 50.6. The Hall–Kier alpha value is -1.70. The lowest BCUT2D eigenvalue weighted by Gasteiger charge is -2.23. The van der Waals surface area contributed by atoms with Crippen molar-refractivity contribution in [3.8, 4) is 0 Å². The van der Waals surface area contributed by atoms with E-state index in [-0.39, 0.29) is 11.7 Å². The van der Waals surface area contributed by atoms with Crippen molar-refractivity contribution in [2.75, 3.05) is 19.6 Å². The lowest BCUT2D eigenvalue weighted by Crippen LogP contribution is -2.43. The maximum absolute atomic E-state index is 13.4. The number of rotatable bonds is 2. The molecule has 2 aliphatic rings. The Morgan fingerprint density at radius 2 is 2.10 bits per heavy atom. The molecule has 2 fully saturated rings. The Morgan fingerprint density at radius 3 is 2.62 bits per heavy atom. The van der Waals surface area contributed by atoms with Crippen LogP contribution >= 0.6 is 0 Å². The van der Waals surface area contributed by atoms with Gasteiger partial charge in [0.05, 0.1) is 0 Å². The minimum atomic E-state index is -4.82. The normalized spacial score (nSPS) is 27.9. The fourth-order valence-corrected chi connectivity index (χ4v) is 2.96. The number of carbonyl (C=O) groups is 1. The number of halogens is 4. The van der Waals surface area contributed by atoms with Gasteiger partial charge in [0.2, 0.25) is 5.95 Å². The summed E-state index contributed by atoms with van der Waals surface area (Å²) in [4.78, 5) is 17.3. The van der Waals surface area contributed by atoms with E-state index in [0.29, 0.717) is 12.0 Å². The van der Waals surface area contributed by atoms with Crippen molar-refractivity contribution in [3.63, 3.8) is 0 Å². The van der Waals surface area contributed by atoms with Crippen molar-refractivity contribution in [1.82, 2.24) is 15.2 Å². The minimum absolute atomic E-state index is 0.0431. The molecule has 114 valence electrons. The van der Waals surface area contributed by atoms with Crippen LogP contribution in [0.2, 0.25) is 0 Å². The molecule has 2 unspecified atom stereocenters. The van der Waals surface area contributed by atoms with Gasteiger partial charge >= 0.3 is 6.18 Å². The molecule has 2 saturated heterocycles. The van der Waals surface area contributed by atoms with Gasteiger partial charge in [-0.05, 0) is 31.0 Å². The molecular weight excluding hydrogens is 290 g/mol. The molecule has 1 amide bonds. The smallest absolute Gasteiger partial charge is 0.346 e. The van der Waals surface area contributed by atoms with Gasteiger partial charge in [-0.3, -0.25) is 4.79 Å². The molecule has 0 aromatic carbocycles. The largest absolute Gasteiger partial charge is 0.420 e. The Bertz CT molecular complexity index is 575. The second kappa shape index (κ2) is 4.94. The molecule has 0 radical (unpaired) electrons. The maximum atomic E-state index is 13.4. The first-order valence-electron chi connectivity index (χ1n) is 6.61. The molecule has 8 heteroatoms. The van der Waals surface area contributed by atoms with Gasteiger partial charge in [-0.1, -0.05) is 0 Å². The van der Waals surface area contributed by atoms with E-state index < -0.39 is 23.6 Å². The summed E-state index contributed by atoms with van der Waals surface area (Å²) in [6, 6.07) is 1.40. The standard InChI is InChI=1S/C13H13F4N3O/c14-11-8(13(15,16)17)1-2-9(18-11)12(21)19-10-6-20-4-3-7(10)5-20/h1-2,7,10H,3-6H2,(H,19,21)/t7-,10?/m0/s1. The van der Waals surface area contributed by atoms with Crippen molar-refractivity contribution in [2.24, 2.45) is 5.92 Å². The predicted molar refractivity (Wildman–Crippen MR) is 65.0 cm³/mol. The van der Waals surface area contributed by atoms with Crippen LogP contribution in [0.1, 0.15) is 22.5 Å². The van der Waals surface area contributed by atoms with Crippen LogP contribution in [0.3, 0.4) is 0 Å². The molecule has 1 aromatic rings. The zero-order chi connectivity index (χ0) is 15.2. The van der Waals surface area contributed by atoms with Crippen molar-refractivity contribution >= 4 is 5.91 Å². The first-order chi connectivity index (χ1) is 9.84. The molecule has 4 nitrogen and oxygen atoms in total. The van der Waals surface area contributed by atoms with E-state index in [0.717, 1.165) is 32.1 Å². The van der Waals surface area contributed by atoms with Gasteiger partial charge in [0.25, 0.3) is 5.91 Å². The summed E-state index contributed by atoms with van der Waals surface area (Å²) in [5, 5.41) is 2.72. The first-order valence-corrected chi connectivity index (χ1v) is 6.61. The van der Waals surface area contributed by atoms with Crippen LogP contribution in [0.15, 0.2) is 12.1 Å². The van der Waals surface area contributed by atoms with Crippen LogP contribution in [0, 0.1) is 11.9 Å². The Kier molecular flexibility index (Phi) is 3.35. The number of hydrogen-bond acceptors (Lipinski definition) is 3. The van der Waals surface area contributed by atoms with E-state index in [1.807, 2.05) is 0 Å². The number of fused-ring (bicyclic) bond motifs is 2. The molecule has 2 bridgehead atoms. The van der Waals surface area contributed by atoms with Gasteiger partial charge in [-0.2, -0.15) is 17.6 Å². The molecule has 2 aliphatic heterocycles. The number of nitrogens with zero attached hydrogens (tertiary/aromatic N) is 2. The number of piperidine rings is 1. The van der Waals surface area contributed by atoms with Gasteiger partial charge in [-0.15, -0.1) is 0 Å². The number of amides is 1. The highest BCUT2D eigenvalue weighted by atomic mass is 19.4. The topological polar surface area (TPSA) is 45.2 Å². The number of nitrogens with one attached hydrogen (secondary N) is 1. The lowest BCUT2D eigenvalue weighted by molar-refractivity contribution is -0.140. The van der Waals surface area contributed by atoms with Crippen LogP contribution in [-0.4, -0.2) is 41.5 Å². The van der Waals surface area contributed by atoms with E-state index in [1.165, 1.54) is 0 Å². The summed E-state index contributed by atoms with van der Waals surface area (Å²) in [7, 11) is 0. The summed E-state index contributed by atoms with van der Waals surface area (Å²) >= 11 is 0. The quantitative estimate of drug-likeness (QED) is 0.668. The van der Waals surface area contributed by atoms with E-state index in [9.17, 15) is 22.4 Å². The van der Waals surface area contributed by atoms with E-state index in [1.54, 1.807) is 0 Å². The second-order valence-corrected chi connectivity index (χ2v) is 5.42. The third-order valence-corrected chi connectivity index (χ3v) is 4.04. The number of alkyl halides is 3. The Balaban J connectivity index is 1.72. The van der Waals surface area contributed by atoms with E-state index in [4.69, 9.17) is 0 Å². The third kappa shape index (κ3) is 2.72. The van der Waals surface area contributed by atoms with Crippen LogP contribution in [0.5, 0.6) is 0 Å². The van der Waals surface area contributed by atoms with Crippen LogP contribution < -0.4 is 5.32 Å². The summed E-state index contributed by atoms with van der Waals surface area (Å²) in [5.74, 6) is -1.96. The summed E-state index contributed by atoms with van der Waals surface area (Å²) in [6.07, 6.45) is -3.83. The molecule has 3 rings (SSSR count). The van der Waals surface area contributed by atoms with E-state index in [2.05, 4.69) is 15.2 Å². The molecule has 1 N–H and O–H groups in total. The monoisotopic (exact) mass is 303 g/mol. The molecular formula is C13H13F4N3O. The summed E-state index contributed by atoms with van der Waals surface area (Å²) in [5.41, 5.74) is -1.80. The minimum Gasteiger partial charge on any atom is -0.346 e. The molecule has 0 spiro atoms. The Labute approximate surface area is 118 Å². The lowest BCUT2D eigenvalue weighted by atomic mass is 10.00. The summed E-state index contributed by atoms with van der Waals surface area (Å²) in [6.45, 7) is 2.64. The van der Waals surface area contributed by atoms with Gasteiger partial charge in [0.15, 0.2) is 0 Å². The number of aromatic nitrogens is 1. The molecule has 3 heterocycles. The Morgan fingerprint density at radius 1 is 1.33 bits per heavy atom. The fraction of sp³-hybridized carbons (Fsp3) is 0.538. The fourth-order valence-electron chi connectivity index (χ4n) is 2.96. The van der Waals surface area contributed by atoms with Crippen molar-refractivity contribution in [3.05, 3.63) is 29.3 Å². The van der Waals surface area contributed by atoms with Gasteiger partial charge in [0.1, 0.15) is 11.3 Å². The van der Waals surface area contributed by atoms with Crippen LogP contribution in [-0.2, 0) is 6.18 Å². The average Bonchev–Trinajstić information content (AvgIpc) is 2.99. The van der Waals surface area contributed by atoms with Crippen LogP contribution in [0.4, 0.5) is 17.6 Å². The van der Waals surface area contributed by atoms with Crippen molar-refractivity contribution in [2.45, 2.75) is 18.6 Å². The third-order valence-electron chi connectivity index (χ3n) is 4.04. The zero-order valence-electron chi connectivity index (χ0n) is 11.0. The second-order valence-electron chi connectivity index (χ2n) is 5.42. The van der Waals surface area contributed by atoms with Crippen LogP contribution in [0.25, 0.3) is 0 Å². The maximum Gasteiger partial charge on any atom is 0.420 e. The molecule has 0 saturated carbocycles. The molecule has 3 atom stereocenters. The number of hydrogen-bond donors (Lipinski definition) is 1. The highest BCUT2D eigenvalue weighted by molar-refractivity contribution is 5.92. The molecule has 21 heavy (non-hydrogen) atoms. The number of pyridine rings is 1. The highest BCUT2D eigenvalue weighted by Gasteiger charge is 2.39. The van der Waals surface area contributed by atoms with Gasteiger partial charge in [-0.25, -0.2) is 4.98 Å². The molecule has 0 aliphatic carbocycles. The number of carbonyl (C=O) groups excluding carboxylic acids is 1. The van der Waals surface area contributed by atoms with Gasteiger partial charge in [0, 0.05) is 19.1 Å². The van der Waals surface area contributed by atoms with Crippen molar-refractivity contribution < 1.29 is 22.4 Å². The molecule has 1 aromatic heterocycles. The zero-order valence-corrected chi connectivity index (χ0v) is 11.0. The van der Waals surface area contributed by atoms with E-state index >= 15 is 0 Å². The highest BCUT2D eigenvalue weighted by Crippen LogP contribution is 2.31. The predicted octanol–water partition coefficient (Wildman–Crippen LogP) is 1.67.